The van der Waals surface area contributed by atoms with Crippen molar-refractivity contribution in [2.75, 3.05) is 6.54 Å². The van der Waals surface area contributed by atoms with Gasteiger partial charge in [-0.15, -0.1) is 0 Å². The van der Waals surface area contributed by atoms with E-state index in [4.69, 9.17) is 11.6 Å². The molecule has 0 spiro atoms. The summed E-state index contributed by atoms with van der Waals surface area (Å²) in [7, 11) is -3.91. The molecule has 7 nitrogen and oxygen atoms in total. The second-order valence-electron chi connectivity index (χ2n) is 9.58. The number of likely N-dealkylation sites (tertiary alicyclic amines) is 1. The Morgan fingerprint density at radius 1 is 1.11 bits per heavy atom. The van der Waals surface area contributed by atoms with Crippen molar-refractivity contribution >= 4 is 49.2 Å². The fourth-order valence-electron chi connectivity index (χ4n) is 4.87. The van der Waals surface area contributed by atoms with Gasteiger partial charge >= 0.3 is 0 Å². The smallest absolute Gasteiger partial charge is 0.244 e. The predicted octanol–water partition coefficient (Wildman–Crippen LogP) is 3.75. The third-order valence-corrected chi connectivity index (χ3v) is 10.4. The van der Waals surface area contributed by atoms with Crippen LogP contribution in [0.1, 0.15) is 37.7 Å². The molecule has 1 aliphatic heterocycles. The number of nitrogens with zero attached hydrogens (tertiary/aromatic N) is 2. The van der Waals surface area contributed by atoms with Crippen LogP contribution < -0.4 is 5.32 Å². The number of benzene rings is 2. The van der Waals surface area contributed by atoms with E-state index in [9.17, 15) is 23.3 Å². The molecule has 2 aromatic rings. The van der Waals surface area contributed by atoms with Crippen LogP contribution in [0.15, 0.2) is 57.9 Å². The highest BCUT2D eigenvalue weighted by atomic mass is 79.9. The van der Waals surface area contributed by atoms with Gasteiger partial charge in [0.2, 0.25) is 11.8 Å². The van der Waals surface area contributed by atoms with Crippen LogP contribution in [0.25, 0.3) is 0 Å². The number of nitrogens with one attached hydrogen (secondary N) is 1. The minimum absolute atomic E-state index is 0.0102. The summed E-state index contributed by atoms with van der Waals surface area (Å²) >= 11 is 9.65. The van der Waals surface area contributed by atoms with E-state index in [1.165, 1.54) is 17.0 Å². The molecule has 0 aromatic heterocycles. The van der Waals surface area contributed by atoms with Crippen LogP contribution in [0.3, 0.4) is 0 Å². The predicted molar refractivity (Wildman–Crippen MR) is 133 cm³/mol. The molecule has 0 radical (unpaired) electrons. The lowest BCUT2D eigenvalue weighted by atomic mass is 9.94. The summed E-state index contributed by atoms with van der Waals surface area (Å²) in [5, 5.41) is 11.3. The molecule has 1 N–H and O–H groups in total. The van der Waals surface area contributed by atoms with E-state index < -0.39 is 38.0 Å². The number of rotatable bonds is 6. The highest BCUT2D eigenvalue weighted by Crippen LogP contribution is 2.51. The van der Waals surface area contributed by atoms with Gasteiger partial charge < -0.3 is 10.2 Å². The zero-order chi connectivity index (χ0) is 25.0. The van der Waals surface area contributed by atoms with E-state index in [2.05, 4.69) is 27.3 Å². The van der Waals surface area contributed by atoms with Crippen LogP contribution in [0.2, 0.25) is 5.02 Å². The molecule has 2 aliphatic carbocycles. The molecule has 1 saturated heterocycles. The standard InChI is InChI=1S/C25H23BrClN3O4S/c26-17-5-3-4-16(12-17)25(10-11-25)23(32)30-14-18(35(33,34)21-7-2-1-6-19(21)27)13-20(30)22(31)29-24(15-28)8-9-24/h1-7,12,18,20H,8-11,13-14H2,(H,29,31)/t18-,20+/m1/s1. The Balaban J connectivity index is 1.49. The van der Waals surface area contributed by atoms with Gasteiger partial charge in [-0.05, 0) is 61.9 Å². The average molecular weight is 577 g/mol. The van der Waals surface area contributed by atoms with Crippen molar-refractivity contribution in [3.8, 4) is 6.07 Å². The second kappa shape index (κ2) is 8.61. The summed E-state index contributed by atoms with van der Waals surface area (Å²) in [5.41, 5.74) is -0.866. The van der Waals surface area contributed by atoms with Crippen molar-refractivity contribution in [1.29, 1.82) is 5.26 Å². The van der Waals surface area contributed by atoms with Gasteiger partial charge in [0.05, 0.1) is 26.7 Å². The monoisotopic (exact) mass is 575 g/mol. The first-order chi connectivity index (χ1) is 16.6. The second-order valence-corrected chi connectivity index (χ2v) is 13.1. The van der Waals surface area contributed by atoms with E-state index in [-0.39, 0.29) is 28.8 Å². The fourth-order valence-corrected chi connectivity index (χ4v) is 7.49. The van der Waals surface area contributed by atoms with Gasteiger partial charge in [-0.2, -0.15) is 5.26 Å². The van der Waals surface area contributed by atoms with Crippen molar-refractivity contribution in [1.82, 2.24) is 10.2 Å². The number of carbonyl (C=O) groups is 2. The lowest BCUT2D eigenvalue weighted by Crippen LogP contribution is -2.51. The first-order valence-corrected chi connectivity index (χ1v) is 14.1. The quantitative estimate of drug-likeness (QED) is 0.564. The molecule has 0 unspecified atom stereocenters. The maximum absolute atomic E-state index is 13.9. The van der Waals surface area contributed by atoms with Gasteiger partial charge in [0.15, 0.2) is 9.84 Å². The SMILES string of the molecule is N#CC1(NC(=O)[C@@H]2C[C@@H](S(=O)(=O)c3ccccc3Cl)CN2C(=O)C2(c3cccc(Br)c3)CC2)CC1. The van der Waals surface area contributed by atoms with Gasteiger partial charge in [-0.25, -0.2) is 8.42 Å². The highest BCUT2D eigenvalue weighted by molar-refractivity contribution is 9.10. The maximum atomic E-state index is 13.9. The molecule has 182 valence electrons. The van der Waals surface area contributed by atoms with Gasteiger partial charge in [0.1, 0.15) is 11.6 Å². The summed E-state index contributed by atoms with van der Waals surface area (Å²) in [6, 6.07) is 14.8. The van der Waals surface area contributed by atoms with Gasteiger partial charge in [-0.1, -0.05) is 51.8 Å². The average Bonchev–Trinajstić information content (AvgIpc) is 3.75. The number of nitriles is 1. The molecular formula is C25H23BrClN3O4S. The van der Waals surface area contributed by atoms with Crippen LogP contribution in [-0.2, 0) is 24.8 Å². The first-order valence-electron chi connectivity index (χ1n) is 11.4. The van der Waals surface area contributed by atoms with E-state index in [0.717, 1.165) is 10.0 Å². The Kier molecular flexibility index (Phi) is 5.98. The summed E-state index contributed by atoms with van der Waals surface area (Å²) in [5.74, 6) is -0.742. The number of hydrogen-bond donors (Lipinski definition) is 1. The van der Waals surface area contributed by atoms with Crippen LogP contribution in [0.5, 0.6) is 0 Å². The molecule has 2 saturated carbocycles. The van der Waals surface area contributed by atoms with E-state index in [1.807, 2.05) is 24.3 Å². The maximum Gasteiger partial charge on any atom is 0.244 e. The molecule has 3 aliphatic rings. The third kappa shape index (κ3) is 4.26. The molecule has 2 amide bonds. The largest absolute Gasteiger partial charge is 0.336 e. The Hall–Kier alpha value is -2.41. The van der Waals surface area contributed by atoms with Crippen molar-refractivity contribution in [2.24, 2.45) is 0 Å². The first kappa shape index (κ1) is 24.3. The normalized spacial score (nSPS) is 23.9. The number of sulfone groups is 1. The summed E-state index contributed by atoms with van der Waals surface area (Å²) in [6.07, 6.45) is 2.27. The van der Waals surface area contributed by atoms with Crippen LogP contribution in [0.4, 0.5) is 0 Å². The van der Waals surface area contributed by atoms with E-state index >= 15 is 0 Å². The van der Waals surface area contributed by atoms with Gasteiger partial charge in [0, 0.05) is 11.0 Å². The topological polar surface area (TPSA) is 107 Å². The lowest BCUT2D eigenvalue weighted by Gasteiger charge is -2.29. The number of halogens is 2. The molecule has 5 rings (SSSR count). The highest BCUT2D eigenvalue weighted by Gasteiger charge is 2.58. The number of hydrogen-bond acceptors (Lipinski definition) is 5. The number of carbonyl (C=O) groups excluding carboxylic acids is 2. The molecule has 2 aromatic carbocycles. The lowest BCUT2D eigenvalue weighted by molar-refractivity contribution is -0.140. The van der Waals surface area contributed by atoms with Gasteiger partial charge in [0.25, 0.3) is 0 Å². The number of amides is 2. The Morgan fingerprint density at radius 2 is 1.83 bits per heavy atom. The molecule has 0 bridgehead atoms. The Morgan fingerprint density at radius 3 is 2.43 bits per heavy atom. The zero-order valence-corrected chi connectivity index (χ0v) is 21.9. The van der Waals surface area contributed by atoms with Gasteiger partial charge in [-0.3, -0.25) is 9.59 Å². The molecule has 1 heterocycles. The fraction of sp³-hybridized carbons (Fsp3) is 0.400. The molecule has 35 heavy (non-hydrogen) atoms. The molecular weight excluding hydrogens is 554 g/mol. The van der Waals surface area contributed by atoms with E-state index in [1.54, 1.807) is 12.1 Å². The van der Waals surface area contributed by atoms with Crippen molar-refractivity contribution in [2.45, 2.75) is 59.2 Å². The van der Waals surface area contributed by atoms with Crippen LogP contribution in [0, 0.1) is 11.3 Å². The minimum atomic E-state index is -3.91. The molecule has 10 heteroatoms. The molecule has 3 fully saturated rings. The summed E-state index contributed by atoms with van der Waals surface area (Å²) in [4.78, 5) is 28.6. The Bertz CT molecular complexity index is 1360. The summed E-state index contributed by atoms with van der Waals surface area (Å²) < 4.78 is 27.9. The van der Waals surface area contributed by atoms with Crippen LogP contribution in [-0.4, -0.2) is 48.5 Å². The summed E-state index contributed by atoms with van der Waals surface area (Å²) in [6.45, 7) is -0.111. The van der Waals surface area contributed by atoms with Crippen molar-refractivity contribution < 1.29 is 18.0 Å². The van der Waals surface area contributed by atoms with E-state index in [0.29, 0.717) is 25.7 Å². The van der Waals surface area contributed by atoms with Crippen LogP contribution >= 0.6 is 27.5 Å². The van der Waals surface area contributed by atoms with Crippen molar-refractivity contribution in [3.63, 3.8) is 0 Å². The minimum Gasteiger partial charge on any atom is -0.336 e. The third-order valence-electron chi connectivity index (χ3n) is 7.27. The zero-order valence-electron chi connectivity index (χ0n) is 18.7. The van der Waals surface area contributed by atoms with Crippen molar-refractivity contribution in [3.05, 3.63) is 63.6 Å². The Labute approximate surface area is 217 Å². The molecule has 2 atom stereocenters.